The van der Waals surface area contributed by atoms with Gasteiger partial charge in [0.15, 0.2) is 6.29 Å². The molecule has 0 unspecified atom stereocenters. The van der Waals surface area contributed by atoms with Crippen molar-refractivity contribution in [1.29, 1.82) is 0 Å². The Hall–Kier alpha value is -0.120. The minimum atomic E-state index is -1.22. The molecule has 1 aliphatic rings. The molecule has 5 atom stereocenters. The molecule has 1 rings (SSSR count). The molecule has 0 aromatic carbocycles. The van der Waals surface area contributed by atoms with Crippen LogP contribution in [0.5, 0.6) is 0 Å². The summed E-state index contributed by atoms with van der Waals surface area (Å²) in [6, 6.07) is 0. The highest BCUT2D eigenvalue weighted by atomic mass is 16.5. The quantitative estimate of drug-likeness (QED) is 0.624. The van der Waals surface area contributed by atoms with Crippen LogP contribution in [0.1, 0.15) is 40.0 Å². The highest BCUT2D eigenvalue weighted by Gasteiger charge is 2.32. The van der Waals surface area contributed by atoms with Gasteiger partial charge in [0, 0.05) is 5.92 Å². The minimum Gasteiger partial charge on any atom is -0.393 e. The van der Waals surface area contributed by atoms with Crippen LogP contribution in [0.3, 0.4) is 0 Å². The number of aliphatic hydroxyl groups is 3. The summed E-state index contributed by atoms with van der Waals surface area (Å²) in [5, 5.41) is 27.9. The molecule has 90 valence electrons. The highest BCUT2D eigenvalue weighted by Crippen LogP contribution is 2.37. The first kappa shape index (κ1) is 12.9. The van der Waals surface area contributed by atoms with Crippen LogP contribution in [0.25, 0.3) is 0 Å². The van der Waals surface area contributed by atoms with E-state index in [0.29, 0.717) is 17.8 Å². The summed E-state index contributed by atoms with van der Waals surface area (Å²) in [6.45, 7) is 6.04. The molecule has 0 radical (unpaired) electrons. The Balaban J connectivity index is 2.50. The maximum Gasteiger partial charge on any atom is 0.154 e. The second-order valence-corrected chi connectivity index (χ2v) is 5.25. The van der Waals surface area contributed by atoms with Gasteiger partial charge in [0.1, 0.15) is 0 Å². The van der Waals surface area contributed by atoms with Crippen LogP contribution in [-0.2, 0) is 0 Å². The van der Waals surface area contributed by atoms with Gasteiger partial charge in [-0.15, -0.1) is 0 Å². The fourth-order valence-electron chi connectivity index (χ4n) is 2.60. The maximum atomic E-state index is 9.63. The Bertz CT molecular complexity index is 193. The highest BCUT2D eigenvalue weighted by molar-refractivity contribution is 4.82. The molecule has 0 aromatic rings. The lowest BCUT2D eigenvalue weighted by molar-refractivity contribution is -0.104. The molecule has 3 heteroatoms. The molecule has 0 heterocycles. The van der Waals surface area contributed by atoms with Crippen LogP contribution in [0.4, 0.5) is 0 Å². The lowest BCUT2D eigenvalue weighted by Gasteiger charge is -2.37. The van der Waals surface area contributed by atoms with E-state index in [1.54, 1.807) is 0 Å². The third-order valence-corrected chi connectivity index (χ3v) is 4.21. The summed E-state index contributed by atoms with van der Waals surface area (Å²) in [5.41, 5.74) is 0. The molecule has 0 spiro atoms. The second kappa shape index (κ2) is 5.28. The fourth-order valence-corrected chi connectivity index (χ4v) is 2.60. The third-order valence-electron chi connectivity index (χ3n) is 4.21. The van der Waals surface area contributed by atoms with E-state index >= 15 is 0 Å². The lowest BCUT2D eigenvalue weighted by Crippen LogP contribution is -2.34. The fraction of sp³-hybridized carbons (Fsp3) is 1.00. The molecule has 3 nitrogen and oxygen atoms in total. The van der Waals surface area contributed by atoms with Crippen molar-refractivity contribution in [3.8, 4) is 0 Å². The minimum absolute atomic E-state index is 0.0857. The Morgan fingerprint density at radius 1 is 1.13 bits per heavy atom. The van der Waals surface area contributed by atoms with Crippen LogP contribution in [0.2, 0.25) is 0 Å². The standard InChI is InChI=1S/C12H24O3/c1-7-6-10(4-5-11(7)13)8(2)9(3)12(14)15/h7-15H,4-6H2,1-3H3/t7-,8+,9+,10-,11+/m1/s1. The van der Waals surface area contributed by atoms with Crippen molar-refractivity contribution in [2.75, 3.05) is 0 Å². The van der Waals surface area contributed by atoms with Crippen molar-refractivity contribution in [1.82, 2.24) is 0 Å². The predicted molar refractivity (Wildman–Crippen MR) is 59.1 cm³/mol. The molecule has 0 amide bonds. The molecule has 1 aliphatic carbocycles. The molecule has 15 heavy (non-hydrogen) atoms. The van der Waals surface area contributed by atoms with Gasteiger partial charge in [-0.2, -0.15) is 0 Å². The maximum absolute atomic E-state index is 9.63. The summed E-state index contributed by atoms with van der Waals surface area (Å²) in [4.78, 5) is 0. The van der Waals surface area contributed by atoms with E-state index in [0.717, 1.165) is 19.3 Å². The molecule has 0 saturated heterocycles. The number of aliphatic hydroxyl groups excluding tert-OH is 2. The van der Waals surface area contributed by atoms with Crippen molar-refractivity contribution in [3.63, 3.8) is 0 Å². The van der Waals surface area contributed by atoms with Crippen LogP contribution < -0.4 is 0 Å². The largest absolute Gasteiger partial charge is 0.393 e. The SMILES string of the molecule is C[C@H]([C@@H]1CC[C@H](O)[C@H](C)C1)[C@H](C)C(O)O. The van der Waals surface area contributed by atoms with E-state index < -0.39 is 6.29 Å². The monoisotopic (exact) mass is 216 g/mol. The molecular weight excluding hydrogens is 192 g/mol. The van der Waals surface area contributed by atoms with E-state index in [1.807, 2.05) is 6.92 Å². The summed E-state index contributed by atoms with van der Waals surface area (Å²) in [6.07, 6.45) is 1.47. The van der Waals surface area contributed by atoms with Gasteiger partial charge < -0.3 is 15.3 Å². The van der Waals surface area contributed by atoms with Gasteiger partial charge in [-0.05, 0) is 37.0 Å². The van der Waals surface area contributed by atoms with Crippen molar-refractivity contribution in [2.45, 2.75) is 52.4 Å². The summed E-state index contributed by atoms with van der Waals surface area (Å²) < 4.78 is 0. The van der Waals surface area contributed by atoms with Crippen molar-refractivity contribution < 1.29 is 15.3 Å². The first-order valence-corrected chi connectivity index (χ1v) is 5.97. The Labute approximate surface area is 92.1 Å². The number of hydrogen-bond donors (Lipinski definition) is 3. The molecule has 3 N–H and O–H groups in total. The first-order valence-electron chi connectivity index (χ1n) is 5.97. The Kier molecular flexibility index (Phi) is 4.56. The normalized spacial score (nSPS) is 36.6. The van der Waals surface area contributed by atoms with Crippen LogP contribution in [0.15, 0.2) is 0 Å². The molecule has 1 saturated carbocycles. The van der Waals surface area contributed by atoms with Gasteiger partial charge in [-0.25, -0.2) is 0 Å². The third kappa shape index (κ3) is 3.16. The zero-order valence-electron chi connectivity index (χ0n) is 9.93. The topological polar surface area (TPSA) is 60.7 Å². The Morgan fingerprint density at radius 3 is 2.20 bits per heavy atom. The summed E-state index contributed by atoms with van der Waals surface area (Å²) >= 11 is 0. The zero-order valence-corrected chi connectivity index (χ0v) is 9.93. The van der Waals surface area contributed by atoms with Crippen LogP contribution in [-0.4, -0.2) is 27.7 Å². The van der Waals surface area contributed by atoms with Crippen molar-refractivity contribution in [2.24, 2.45) is 23.7 Å². The van der Waals surface area contributed by atoms with E-state index in [1.165, 1.54) is 0 Å². The van der Waals surface area contributed by atoms with Gasteiger partial charge in [-0.1, -0.05) is 20.8 Å². The van der Waals surface area contributed by atoms with E-state index in [9.17, 15) is 5.11 Å². The van der Waals surface area contributed by atoms with Gasteiger partial charge in [0.25, 0.3) is 0 Å². The average Bonchev–Trinajstić information content (AvgIpc) is 2.19. The van der Waals surface area contributed by atoms with Crippen molar-refractivity contribution in [3.05, 3.63) is 0 Å². The van der Waals surface area contributed by atoms with Crippen molar-refractivity contribution >= 4 is 0 Å². The molecule has 0 bridgehead atoms. The molecule has 0 aromatic heterocycles. The predicted octanol–water partition coefficient (Wildman–Crippen LogP) is 1.37. The second-order valence-electron chi connectivity index (χ2n) is 5.25. The van der Waals surface area contributed by atoms with Gasteiger partial charge >= 0.3 is 0 Å². The Morgan fingerprint density at radius 2 is 1.73 bits per heavy atom. The van der Waals surface area contributed by atoms with E-state index in [2.05, 4.69) is 13.8 Å². The summed E-state index contributed by atoms with van der Waals surface area (Å²) in [5.74, 6) is 1.08. The van der Waals surface area contributed by atoms with E-state index in [-0.39, 0.29) is 12.0 Å². The molecule has 0 aliphatic heterocycles. The summed E-state index contributed by atoms with van der Waals surface area (Å²) in [7, 11) is 0. The lowest BCUT2D eigenvalue weighted by atomic mass is 9.71. The van der Waals surface area contributed by atoms with Crippen LogP contribution >= 0.6 is 0 Å². The smallest absolute Gasteiger partial charge is 0.154 e. The van der Waals surface area contributed by atoms with Crippen LogP contribution in [0, 0.1) is 23.7 Å². The van der Waals surface area contributed by atoms with Gasteiger partial charge in [-0.3, -0.25) is 0 Å². The molecular formula is C12H24O3. The van der Waals surface area contributed by atoms with Gasteiger partial charge in [0.05, 0.1) is 6.10 Å². The number of rotatable bonds is 3. The van der Waals surface area contributed by atoms with Gasteiger partial charge in [0.2, 0.25) is 0 Å². The first-order chi connectivity index (χ1) is 6.93. The average molecular weight is 216 g/mol. The number of hydrogen-bond acceptors (Lipinski definition) is 3. The zero-order chi connectivity index (χ0) is 11.6. The molecule has 1 fully saturated rings. The van der Waals surface area contributed by atoms with E-state index in [4.69, 9.17) is 10.2 Å².